The largest absolute Gasteiger partial charge is 0.464 e. The molecule has 0 aromatic heterocycles. The second-order valence-electron chi connectivity index (χ2n) is 3.22. The van der Waals surface area contributed by atoms with Gasteiger partial charge in [0.1, 0.15) is 0 Å². The third kappa shape index (κ3) is 3.57. The Labute approximate surface area is 98.0 Å². The Morgan fingerprint density at radius 1 is 1.18 bits per heavy atom. The molecule has 3 amide bonds. The average Bonchev–Trinajstić information content (AvgIpc) is 2.27. The minimum absolute atomic E-state index is 0.152. The molecule has 5 heteroatoms. The van der Waals surface area contributed by atoms with Crippen LogP contribution in [0.3, 0.4) is 0 Å². The summed E-state index contributed by atoms with van der Waals surface area (Å²) in [5.41, 5.74) is 0.745. The van der Waals surface area contributed by atoms with E-state index in [2.05, 4.69) is 0 Å². The summed E-state index contributed by atoms with van der Waals surface area (Å²) in [5.74, 6) is -1.71. The van der Waals surface area contributed by atoms with Gasteiger partial charge in [-0.15, -0.1) is 0 Å². The van der Waals surface area contributed by atoms with Crippen molar-refractivity contribution in [3.63, 3.8) is 0 Å². The van der Waals surface area contributed by atoms with Crippen LogP contribution in [0.15, 0.2) is 36.4 Å². The van der Waals surface area contributed by atoms with Crippen LogP contribution in [0.1, 0.15) is 12.5 Å². The van der Waals surface area contributed by atoms with Crippen LogP contribution in [0.25, 0.3) is 6.08 Å². The summed E-state index contributed by atoms with van der Waals surface area (Å²) in [6.07, 6.45) is 0.909. The van der Waals surface area contributed by atoms with E-state index in [0.29, 0.717) is 0 Å². The molecule has 0 unspecified atom stereocenters. The molecule has 0 spiro atoms. The minimum atomic E-state index is -1.58. The number of carboxylic acid groups (broad SMARTS) is 1. The van der Waals surface area contributed by atoms with Crippen LogP contribution in [-0.2, 0) is 9.59 Å². The maximum atomic E-state index is 11.4. The van der Waals surface area contributed by atoms with Gasteiger partial charge in [-0.3, -0.25) is 9.59 Å². The molecule has 0 aliphatic carbocycles. The molecule has 88 valence electrons. The molecule has 0 aliphatic rings. The summed E-state index contributed by atoms with van der Waals surface area (Å²) >= 11 is 0. The van der Waals surface area contributed by atoms with Crippen molar-refractivity contribution in [2.24, 2.45) is 0 Å². The molecule has 1 N–H and O–H groups in total. The fourth-order valence-electron chi connectivity index (χ4n) is 1.19. The van der Waals surface area contributed by atoms with Crippen molar-refractivity contribution in [1.29, 1.82) is 0 Å². The maximum absolute atomic E-state index is 11.4. The minimum Gasteiger partial charge on any atom is -0.464 e. The van der Waals surface area contributed by atoms with Gasteiger partial charge in [-0.05, 0) is 11.6 Å². The molecule has 0 bridgehead atoms. The van der Waals surface area contributed by atoms with Crippen LogP contribution in [0.5, 0.6) is 0 Å². The first-order chi connectivity index (χ1) is 8.02. The van der Waals surface area contributed by atoms with Gasteiger partial charge in [0.05, 0.1) is 0 Å². The second kappa shape index (κ2) is 5.60. The Morgan fingerprint density at radius 3 is 2.24 bits per heavy atom. The molecule has 0 aliphatic heterocycles. The number of imide groups is 3. The topological polar surface area (TPSA) is 74.7 Å². The lowest BCUT2D eigenvalue weighted by Crippen LogP contribution is -2.38. The number of carbonyl (C=O) groups excluding carboxylic acids is 2. The molecule has 17 heavy (non-hydrogen) atoms. The van der Waals surface area contributed by atoms with Gasteiger partial charge in [0.25, 0.3) is 5.91 Å². The number of amides is 3. The fourth-order valence-corrected chi connectivity index (χ4v) is 1.19. The molecule has 0 fully saturated rings. The quantitative estimate of drug-likeness (QED) is 0.789. The first-order valence-corrected chi connectivity index (χ1v) is 4.83. The van der Waals surface area contributed by atoms with Gasteiger partial charge in [0, 0.05) is 13.0 Å². The molecule has 0 saturated carbocycles. The number of rotatable bonds is 2. The van der Waals surface area contributed by atoms with Gasteiger partial charge in [-0.1, -0.05) is 30.3 Å². The van der Waals surface area contributed by atoms with Gasteiger partial charge in [0.2, 0.25) is 5.91 Å². The third-order valence-corrected chi connectivity index (χ3v) is 1.94. The molecule has 1 aromatic rings. The lowest BCUT2D eigenvalue weighted by molar-refractivity contribution is -0.137. The average molecular weight is 233 g/mol. The van der Waals surface area contributed by atoms with Gasteiger partial charge in [0.15, 0.2) is 0 Å². The van der Waals surface area contributed by atoms with E-state index in [0.717, 1.165) is 18.6 Å². The number of carbonyl (C=O) groups is 3. The smallest absolute Gasteiger partial charge is 0.421 e. The van der Waals surface area contributed by atoms with Crippen molar-refractivity contribution in [2.45, 2.75) is 6.92 Å². The van der Waals surface area contributed by atoms with E-state index in [1.165, 1.54) is 6.08 Å². The Bertz CT molecular complexity index is 451. The monoisotopic (exact) mass is 233 g/mol. The zero-order valence-electron chi connectivity index (χ0n) is 9.16. The zero-order chi connectivity index (χ0) is 12.8. The predicted octanol–water partition coefficient (Wildman–Crippen LogP) is 1.75. The summed E-state index contributed by atoms with van der Waals surface area (Å²) in [5, 5.41) is 8.66. The van der Waals surface area contributed by atoms with E-state index in [1.807, 2.05) is 6.07 Å². The highest BCUT2D eigenvalue weighted by atomic mass is 16.4. The molecule has 0 radical (unpaired) electrons. The maximum Gasteiger partial charge on any atom is 0.421 e. The number of nitrogens with zero attached hydrogens (tertiary/aromatic N) is 1. The van der Waals surface area contributed by atoms with Gasteiger partial charge >= 0.3 is 6.09 Å². The first kappa shape index (κ1) is 12.6. The Morgan fingerprint density at radius 2 is 1.76 bits per heavy atom. The summed E-state index contributed by atoms with van der Waals surface area (Å²) in [6, 6.07) is 8.89. The fraction of sp³-hybridized carbons (Fsp3) is 0.0833. The second-order valence-corrected chi connectivity index (χ2v) is 3.22. The zero-order valence-corrected chi connectivity index (χ0v) is 9.16. The lowest BCUT2D eigenvalue weighted by atomic mass is 10.2. The van der Waals surface area contributed by atoms with E-state index in [1.54, 1.807) is 24.3 Å². The van der Waals surface area contributed by atoms with E-state index in [4.69, 9.17) is 5.11 Å². The van der Waals surface area contributed by atoms with Crippen molar-refractivity contribution in [2.75, 3.05) is 0 Å². The van der Waals surface area contributed by atoms with Crippen LogP contribution in [0, 0.1) is 0 Å². The Kier molecular flexibility index (Phi) is 4.16. The van der Waals surface area contributed by atoms with E-state index < -0.39 is 17.9 Å². The van der Waals surface area contributed by atoms with Gasteiger partial charge in [-0.2, -0.15) is 4.90 Å². The Hall–Kier alpha value is -2.43. The van der Waals surface area contributed by atoms with Crippen molar-refractivity contribution < 1.29 is 19.5 Å². The van der Waals surface area contributed by atoms with Crippen LogP contribution >= 0.6 is 0 Å². The van der Waals surface area contributed by atoms with E-state index >= 15 is 0 Å². The van der Waals surface area contributed by atoms with E-state index in [-0.39, 0.29) is 4.90 Å². The molecular weight excluding hydrogens is 222 g/mol. The predicted molar refractivity (Wildman–Crippen MR) is 61.0 cm³/mol. The lowest BCUT2D eigenvalue weighted by Gasteiger charge is -2.09. The van der Waals surface area contributed by atoms with Crippen molar-refractivity contribution in [3.05, 3.63) is 42.0 Å². The van der Waals surface area contributed by atoms with E-state index in [9.17, 15) is 14.4 Å². The normalized spacial score (nSPS) is 10.2. The highest BCUT2D eigenvalue weighted by Gasteiger charge is 2.22. The number of benzene rings is 1. The molecule has 0 saturated heterocycles. The number of hydrogen-bond donors (Lipinski definition) is 1. The number of hydrogen-bond acceptors (Lipinski definition) is 3. The van der Waals surface area contributed by atoms with Crippen molar-refractivity contribution in [1.82, 2.24) is 4.90 Å². The molecule has 0 heterocycles. The SMILES string of the molecule is CC(=O)N(C(=O)O)C(=O)/C=C/c1ccccc1. The van der Waals surface area contributed by atoms with Gasteiger partial charge in [-0.25, -0.2) is 4.79 Å². The van der Waals surface area contributed by atoms with Crippen molar-refractivity contribution >= 4 is 24.0 Å². The highest BCUT2D eigenvalue weighted by Crippen LogP contribution is 2.02. The summed E-state index contributed by atoms with van der Waals surface area (Å²) in [7, 11) is 0. The molecule has 1 aromatic carbocycles. The van der Waals surface area contributed by atoms with Gasteiger partial charge < -0.3 is 5.11 Å². The van der Waals surface area contributed by atoms with Crippen molar-refractivity contribution in [3.8, 4) is 0 Å². The summed E-state index contributed by atoms with van der Waals surface area (Å²) < 4.78 is 0. The molecule has 1 rings (SSSR count). The third-order valence-electron chi connectivity index (χ3n) is 1.94. The molecular formula is C12H11NO4. The van der Waals surface area contributed by atoms with Crippen LogP contribution in [0.4, 0.5) is 4.79 Å². The highest BCUT2D eigenvalue weighted by molar-refractivity contribution is 6.12. The van der Waals surface area contributed by atoms with Crippen LogP contribution in [-0.4, -0.2) is 27.9 Å². The first-order valence-electron chi connectivity index (χ1n) is 4.83. The standard InChI is InChI=1S/C12H11NO4/c1-9(14)13(12(16)17)11(15)8-7-10-5-3-2-4-6-10/h2-8H,1H3,(H,16,17)/b8-7+. The Balaban J connectivity index is 2.81. The van der Waals surface area contributed by atoms with Crippen LogP contribution < -0.4 is 0 Å². The summed E-state index contributed by atoms with van der Waals surface area (Å²) in [6.45, 7) is 1.02. The molecule has 5 nitrogen and oxygen atoms in total. The summed E-state index contributed by atoms with van der Waals surface area (Å²) in [4.78, 5) is 33.2. The molecule has 0 atom stereocenters. The van der Waals surface area contributed by atoms with Crippen LogP contribution in [0.2, 0.25) is 0 Å².